The normalized spacial score (nSPS) is 17.0. The molecule has 2 rings (SSSR count). The first-order valence-corrected chi connectivity index (χ1v) is 7.77. The number of nitrogens with zero attached hydrogens (tertiary/aromatic N) is 1. The molecule has 0 heterocycles. The minimum absolute atomic E-state index is 0.0830. The van der Waals surface area contributed by atoms with E-state index in [-0.39, 0.29) is 16.8 Å². The van der Waals surface area contributed by atoms with Gasteiger partial charge < -0.3 is 5.73 Å². The number of thioether (sulfide) groups is 1. The van der Waals surface area contributed by atoms with Gasteiger partial charge in [-0.2, -0.15) is 0 Å². The van der Waals surface area contributed by atoms with E-state index >= 15 is 0 Å². The summed E-state index contributed by atoms with van der Waals surface area (Å²) in [5, 5.41) is 10.5. The highest BCUT2D eigenvalue weighted by Gasteiger charge is 2.29. The van der Waals surface area contributed by atoms with E-state index in [2.05, 4.69) is 0 Å². The first-order chi connectivity index (χ1) is 9.58. The molecule has 108 valence electrons. The van der Waals surface area contributed by atoms with Crippen LogP contribution in [0.4, 0.5) is 5.69 Å². The first-order valence-electron chi connectivity index (χ1n) is 6.72. The van der Waals surface area contributed by atoms with Gasteiger partial charge in [-0.25, -0.2) is 0 Å². The van der Waals surface area contributed by atoms with E-state index in [1.54, 1.807) is 12.1 Å². The number of primary amides is 1. The molecular formula is C14H18N2O3S. The Hall–Kier alpha value is -1.56. The fourth-order valence-electron chi connectivity index (χ4n) is 2.66. The highest BCUT2D eigenvalue weighted by atomic mass is 32.2. The van der Waals surface area contributed by atoms with Gasteiger partial charge in [0.1, 0.15) is 0 Å². The van der Waals surface area contributed by atoms with Crippen LogP contribution in [0, 0.1) is 16.0 Å². The third-order valence-electron chi connectivity index (χ3n) is 3.66. The fourth-order valence-corrected chi connectivity index (χ4v) is 3.92. The molecule has 1 amide bonds. The number of nitro groups is 1. The third kappa shape index (κ3) is 3.72. The standard InChI is InChI=1S/C14H18N2O3S/c15-14(17)13(11-5-1-2-6-11)20-9-10-4-3-7-12(8-10)16(18)19/h3-4,7-8,11,13H,1-2,5-6,9H2,(H2,15,17). The molecule has 1 fully saturated rings. The van der Waals surface area contributed by atoms with E-state index < -0.39 is 4.92 Å². The van der Waals surface area contributed by atoms with Gasteiger partial charge in [0, 0.05) is 17.9 Å². The van der Waals surface area contributed by atoms with Crippen molar-refractivity contribution in [2.75, 3.05) is 0 Å². The smallest absolute Gasteiger partial charge is 0.269 e. The summed E-state index contributed by atoms with van der Waals surface area (Å²) in [6.45, 7) is 0. The average Bonchev–Trinajstić information content (AvgIpc) is 2.93. The molecule has 0 saturated heterocycles. The summed E-state index contributed by atoms with van der Waals surface area (Å²) in [6, 6.07) is 6.53. The van der Waals surface area contributed by atoms with Crippen LogP contribution in [-0.4, -0.2) is 16.1 Å². The van der Waals surface area contributed by atoms with Crippen molar-refractivity contribution in [3.8, 4) is 0 Å². The maximum Gasteiger partial charge on any atom is 0.269 e. The number of carbonyl (C=O) groups is 1. The van der Waals surface area contributed by atoms with Crippen LogP contribution in [0.2, 0.25) is 0 Å². The second-order valence-corrected chi connectivity index (χ2v) is 6.24. The summed E-state index contributed by atoms with van der Waals surface area (Å²) in [5.74, 6) is 0.662. The lowest BCUT2D eigenvalue weighted by Crippen LogP contribution is -2.31. The Morgan fingerprint density at radius 3 is 2.75 bits per heavy atom. The summed E-state index contributed by atoms with van der Waals surface area (Å²) >= 11 is 1.50. The van der Waals surface area contributed by atoms with Crippen LogP contribution in [0.25, 0.3) is 0 Å². The average molecular weight is 294 g/mol. The van der Waals surface area contributed by atoms with Crippen LogP contribution in [0.3, 0.4) is 0 Å². The number of carbonyl (C=O) groups excluding carboxylic acids is 1. The number of benzene rings is 1. The van der Waals surface area contributed by atoms with E-state index in [1.165, 1.54) is 17.8 Å². The molecule has 1 atom stereocenters. The van der Waals surface area contributed by atoms with Gasteiger partial charge in [-0.05, 0) is 24.3 Å². The quantitative estimate of drug-likeness (QED) is 0.645. The topological polar surface area (TPSA) is 86.2 Å². The zero-order valence-electron chi connectivity index (χ0n) is 11.2. The molecular weight excluding hydrogens is 276 g/mol. The van der Waals surface area contributed by atoms with E-state index in [0.717, 1.165) is 31.2 Å². The molecule has 0 radical (unpaired) electrons. The van der Waals surface area contributed by atoms with Crippen molar-refractivity contribution in [1.29, 1.82) is 0 Å². The predicted molar refractivity (Wildman–Crippen MR) is 79.3 cm³/mol. The molecule has 1 unspecified atom stereocenters. The van der Waals surface area contributed by atoms with E-state index in [1.807, 2.05) is 6.07 Å². The molecule has 5 nitrogen and oxygen atoms in total. The zero-order valence-corrected chi connectivity index (χ0v) is 12.0. The zero-order chi connectivity index (χ0) is 14.5. The summed E-state index contributed by atoms with van der Waals surface area (Å²) < 4.78 is 0. The second kappa shape index (κ2) is 6.74. The Bertz CT molecular complexity index is 501. The fraction of sp³-hybridized carbons (Fsp3) is 0.500. The van der Waals surface area contributed by atoms with Gasteiger partial charge in [-0.3, -0.25) is 14.9 Å². The van der Waals surface area contributed by atoms with Crippen LogP contribution in [0.5, 0.6) is 0 Å². The minimum Gasteiger partial charge on any atom is -0.369 e. The molecule has 0 aliphatic heterocycles. The SMILES string of the molecule is NC(=O)C(SCc1cccc([N+](=O)[O-])c1)C1CCCC1. The summed E-state index contributed by atoms with van der Waals surface area (Å²) in [5.41, 5.74) is 6.43. The Morgan fingerprint density at radius 1 is 1.45 bits per heavy atom. The number of non-ortho nitro benzene ring substituents is 1. The van der Waals surface area contributed by atoms with E-state index in [0.29, 0.717) is 11.7 Å². The molecule has 0 aromatic heterocycles. The number of hydrogen-bond donors (Lipinski definition) is 1. The molecule has 0 bridgehead atoms. The van der Waals surface area contributed by atoms with Crippen LogP contribution in [0.1, 0.15) is 31.2 Å². The van der Waals surface area contributed by atoms with Crippen molar-refractivity contribution in [2.24, 2.45) is 11.7 Å². The highest BCUT2D eigenvalue weighted by molar-refractivity contribution is 7.99. The summed E-state index contributed by atoms with van der Waals surface area (Å²) in [7, 11) is 0. The summed E-state index contributed by atoms with van der Waals surface area (Å²) in [6.07, 6.45) is 4.42. The maximum atomic E-state index is 11.6. The number of nitro benzene ring substituents is 1. The van der Waals surface area contributed by atoms with Crippen molar-refractivity contribution < 1.29 is 9.72 Å². The molecule has 2 N–H and O–H groups in total. The van der Waals surface area contributed by atoms with Gasteiger partial charge in [0.25, 0.3) is 5.69 Å². The minimum atomic E-state index is -0.406. The third-order valence-corrected chi connectivity index (χ3v) is 5.14. The van der Waals surface area contributed by atoms with Crippen LogP contribution in [-0.2, 0) is 10.5 Å². The molecule has 1 aromatic carbocycles. The second-order valence-electron chi connectivity index (χ2n) is 5.11. The van der Waals surface area contributed by atoms with Crippen LogP contribution in [0.15, 0.2) is 24.3 Å². The Labute approximate surface area is 122 Å². The predicted octanol–water partition coefficient (Wildman–Crippen LogP) is 2.87. The molecule has 1 aliphatic rings. The molecule has 1 aliphatic carbocycles. The molecule has 1 saturated carbocycles. The lowest BCUT2D eigenvalue weighted by molar-refractivity contribution is -0.384. The maximum absolute atomic E-state index is 11.6. The van der Waals surface area contributed by atoms with Crippen molar-refractivity contribution in [2.45, 2.75) is 36.7 Å². The van der Waals surface area contributed by atoms with Crippen LogP contribution >= 0.6 is 11.8 Å². The lowest BCUT2D eigenvalue weighted by Gasteiger charge is -2.19. The molecule has 0 spiro atoms. The van der Waals surface area contributed by atoms with Gasteiger partial charge in [-0.1, -0.05) is 25.0 Å². The largest absolute Gasteiger partial charge is 0.369 e. The number of rotatable bonds is 6. The lowest BCUT2D eigenvalue weighted by atomic mass is 10.0. The van der Waals surface area contributed by atoms with Crippen molar-refractivity contribution in [3.05, 3.63) is 39.9 Å². The Balaban J connectivity index is 2.00. The Morgan fingerprint density at radius 2 is 2.15 bits per heavy atom. The number of nitrogens with two attached hydrogens (primary N) is 1. The number of hydrogen-bond acceptors (Lipinski definition) is 4. The first kappa shape index (κ1) is 14.8. The van der Waals surface area contributed by atoms with Crippen molar-refractivity contribution >= 4 is 23.4 Å². The molecule has 1 aromatic rings. The van der Waals surface area contributed by atoms with Crippen molar-refractivity contribution in [3.63, 3.8) is 0 Å². The van der Waals surface area contributed by atoms with Crippen LogP contribution < -0.4 is 5.73 Å². The Kier molecular flexibility index (Phi) is 5.00. The summed E-state index contributed by atoms with van der Waals surface area (Å²) in [4.78, 5) is 21.9. The van der Waals surface area contributed by atoms with E-state index in [9.17, 15) is 14.9 Å². The molecule has 20 heavy (non-hydrogen) atoms. The van der Waals surface area contributed by atoms with Gasteiger partial charge in [-0.15, -0.1) is 11.8 Å². The molecule has 6 heteroatoms. The number of amides is 1. The van der Waals surface area contributed by atoms with Crippen molar-refractivity contribution in [1.82, 2.24) is 0 Å². The van der Waals surface area contributed by atoms with Gasteiger partial charge in [0.15, 0.2) is 0 Å². The highest BCUT2D eigenvalue weighted by Crippen LogP contribution is 2.35. The van der Waals surface area contributed by atoms with Gasteiger partial charge >= 0.3 is 0 Å². The van der Waals surface area contributed by atoms with Gasteiger partial charge in [0.05, 0.1) is 10.2 Å². The van der Waals surface area contributed by atoms with E-state index in [4.69, 9.17) is 5.73 Å². The van der Waals surface area contributed by atoms with Gasteiger partial charge in [0.2, 0.25) is 5.91 Å². The monoisotopic (exact) mass is 294 g/mol.